The van der Waals surface area contributed by atoms with Crippen LogP contribution in [0.3, 0.4) is 0 Å². The number of fused-ring (bicyclic) bond motifs is 9. The number of unbranched alkanes of at least 4 members (excludes halogenated alkanes) is 2. The Hall–Kier alpha value is -11.5. The third-order valence-electron chi connectivity index (χ3n) is 21.3. The molecule has 16 rings (SSSR count). The smallest absolute Gasteiger partial charge is 0.119 e. The van der Waals surface area contributed by atoms with Gasteiger partial charge in [-0.1, -0.05) is 258 Å². The number of hydrogen-bond donors (Lipinski definition) is 0. The molecule has 0 aliphatic heterocycles. The second-order valence-electron chi connectivity index (χ2n) is 28.1. The Morgan fingerprint density at radius 2 is 0.750 bits per heavy atom. The Kier molecular flexibility index (Phi) is 16.9. The zero-order valence-electron chi connectivity index (χ0n) is 57.4. The first-order chi connectivity index (χ1) is 49.1. The van der Waals surface area contributed by atoms with Crippen LogP contribution in [0.15, 0.2) is 323 Å². The Morgan fingerprint density at radius 3 is 1.19 bits per heavy atom. The highest BCUT2D eigenvalue weighted by Crippen LogP contribution is 2.59. The van der Waals surface area contributed by atoms with Gasteiger partial charge in [-0.05, 0) is 236 Å². The molecule has 1 aromatic heterocycles. The number of aromatic nitrogens is 1. The molecule has 2 unspecified atom stereocenters. The predicted molar refractivity (Wildman–Crippen MR) is 420 cm³/mol. The van der Waals surface area contributed by atoms with Crippen molar-refractivity contribution in [2.45, 2.75) is 75.5 Å². The van der Waals surface area contributed by atoms with Crippen LogP contribution in [0.4, 0.5) is 17.1 Å². The van der Waals surface area contributed by atoms with E-state index < -0.39 is 10.8 Å². The van der Waals surface area contributed by atoms with Crippen LogP contribution in [0.25, 0.3) is 84.2 Å². The van der Waals surface area contributed by atoms with Crippen LogP contribution in [-0.2, 0) is 16.2 Å². The molecule has 0 N–H and O–H groups in total. The molecule has 2 aliphatic rings. The first-order valence-corrected chi connectivity index (χ1v) is 35.6. The van der Waals surface area contributed by atoms with Gasteiger partial charge in [0.05, 0.1) is 24.2 Å². The number of rotatable bonds is 22. The van der Waals surface area contributed by atoms with E-state index in [0.717, 1.165) is 95.0 Å². The van der Waals surface area contributed by atoms with Crippen LogP contribution in [0.2, 0.25) is 0 Å². The molecule has 4 nitrogen and oxygen atoms in total. The summed E-state index contributed by atoms with van der Waals surface area (Å²) in [6.45, 7) is 16.0. The largest absolute Gasteiger partial charge is 0.494 e. The van der Waals surface area contributed by atoms with Crippen molar-refractivity contribution in [2.24, 2.45) is 0 Å². The monoisotopic (exact) mass is 1290 g/mol. The van der Waals surface area contributed by atoms with Gasteiger partial charge < -0.3 is 18.9 Å². The number of benzene rings is 13. The van der Waals surface area contributed by atoms with E-state index in [-0.39, 0.29) is 5.41 Å². The molecule has 0 saturated heterocycles. The summed E-state index contributed by atoms with van der Waals surface area (Å²) < 4.78 is 15.3. The van der Waals surface area contributed by atoms with E-state index >= 15 is 0 Å². The van der Waals surface area contributed by atoms with E-state index in [1.165, 1.54) is 94.1 Å². The first-order valence-electron chi connectivity index (χ1n) is 35.6. The summed E-state index contributed by atoms with van der Waals surface area (Å²) in [6, 6.07) is 115. The predicted octanol–water partition coefficient (Wildman–Crippen LogP) is 25.3. The Balaban J connectivity index is 0.828. The molecule has 488 valence electrons. The zero-order valence-corrected chi connectivity index (χ0v) is 57.4. The van der Waals surface area contributed by atoms with Crippen molar-refractivity contribution in [3.8, 4) is 61.7 Å². The topological polar surface area (TPSA) is 26.6 Å². The van der Waals surface area contributed by atoms with Gasteiger partial charge in [0, 0.05) is 44.4 Å². The van der Waals surface area contributed by atoms with Crippen molar-refractivity contribution in [3.05, 3.63) is 373 Å². The van der Waals surface area contributed by atoms with Crippen molar-refractivity contribution in [3.63, 3.8) is 0 Å². The van der Waals surface area contributed by atoms with Gasteiger partial charge in [-0.3, -0.25) is 0 Å². The maximum Gasteiger partial charge on any atom is 0.119 e. The zero-order chi connectivity index (χ0) is 67.8. The van der Waals surface area contributed by atoms with Gasteiger partial charge in [0.15, 0.2) is 0 Å². The minimum Gasteiger partial charge on any atom is -0.494 e. The van der Waals surface area contributed by atoms with E-state index in [4.69, 9.17) is 9.47 Å². The summed E-state index contributed by atoms with van der Waals surface area (Å²) in [7, 11) is 0. The van der Waals surface area contributed by atoms with E-state index in [1.807, 2.05) is 36.4 Å². The van der Waals surface area contributed by atoms with Gasteiger partial charge >= 0.3 is 0 Å². The molecule has 0 fully saturated rings. The van der Waals surface area contributed by atoms with Gasteiger partial charge in [-0.2, -0.15) is 0 Å². The molecule has 2 atom stereocenters. The maximum atomic E-state index is 6.42. The number of anilines is 3. The fraction of sp³-hybridized carbons (Fsp3) is 0.146. The van der Waals surface area contributed by atoms with Crippen LogP contribution >= 0.6 is 0 Å². The van der Waals surface area contributed by atoms with Crippen molar-refractivity contribution < 1.29 is 9.47 Å². The molecule has 13 aromatic carbocycles. The summed E-state index contributed by atoms with van der Waals surface area (Å²) >= 11 is 0. The number of ether oxygens (including phenoxy) is 2. The fourth-order valence-corrected chi connectivity index (χ4v) is 16.3. The highest BCUT2D eigenvalue weighted by atomic mass is 16.5. The lowest BCUT2D eigenvalue weighted by atomic mass is 9.69. The highest BCUT2D eigenvalue weighted by Gasteiger charge is 2.46. The van der Waals surface area contributed by atoms with Gasteiger partial charge in [-0.25, -0.2) is 0 Å². The average molecular weight is 1300 g/mol. The summed E-state index contributed by atoms with van der Waals surface area (Å²) in [6.07, 6.45) is 9.26. The molecular weight excluding hydrogens is 1210 g/mol. The van der Waals surface area contributed by atoms with Crippen LogP contribution in [0.1, 0.15) is 109 Å². The van der Waals surface area contributed by atoms with Crippen LogP contribution in [0, 0.1) is 0 Å². The number of hydrogen-bond acceptors (Lipinski definition) is 3. The van der Waals surface area contributed by atoms with Crippen molar-refractivity contribution >= 4 is 51.0 Å². The quantitative estimate of drug-likeness (QED) is 0.0633. The van der Waals surface area contributed by atoms with Gasteiger partial charge in [0.25, 0.3) is 0 Å². The average Bonchev–Trinajstić information content (AvgIpc) is 1.56. The Bertz CT molecular complexity index is 5090. The van der Waals surface area contributed by atoms with E-state index in [0.29, 0.717) is 13.2 Å². The van der Waals surface area contributed by atoms with Crippen molar-refractivity contribution in [2.75, 3.05) is 18.1 Å². The molecule has 0 radical (unpaired) electrons. The molecule has 0 amide bonds. The van der Waals surface area contributed by atoms with Gasteiger partial charge in [0.2, 0.25) is 0 Å². The third kappa shape index (κ3) is 11.5. The molecule has 1 heterocycles. The van der Waals surface area contributed by atoms with Crippen LogP contribution in [-0.4, -0.2) is 17.8 Å². The lowest BCUT2D eigenvalue weighted by molar-refractivity contribution is 0.301. The number of nitrogens with zero attached hydrogens (tertiary/aromatic N) is 2. The minimum atomic E-state index is -0.439. The van der Waals surface area contributed by atoms with E-state index in [1.54, 1.807) is 0 Å². The summed E-state index contributed by atoms with van der Waals surface area (Å²) in [5, 5.41) is 2.44. The molecule has 2 aliphatic carbocycles. The molecule has 100 heavy (non-hydrogen) atoms. The van der Waals surface area contributed by atoms with Crippen LogP contribution < -0.4 is 14.4 Å². The summed E-state index contributed by atoms with van der Waals surface area (Å²) in [5.74, 6) is 1.76. The normalized spacial score (nSPS) is 15.0. The summed E-state index contributed by atoms with van der Waals surface area (Å²) in [4.78, 5) is 2.53. The van der Waals surface area contributed by atoms with Crippen molar-refractivity contribution in [1.29, 1.82) is 0 Å². The molecule has 0 spiro atoms. The SMILES string of the molecule is C=Cc1ccc(OCCCCC2(c3ccccc3)c3ccccc3-c3ccc(N(c4ccc(-c5ccc6c(c5)c5cc(-c7ccc(C(C)(C)C)cc7)ccc5n6-c5ccccc5)cc4)c4ccc5c(c4)C(CCCCOc4ccc(C=C)cc4)(c4ccccc4)c4ccccc4-5)cc32)cc1. The Labute approximate surface area is 589 Å². The van der Waals surface area contributed by atoms with Gasteiger partial charge in [0.1, 0.15) is 11.5 Å². The Morgan fingerprint density at radius 1 is 0.360 bits per heavy atom. The second kappa shape index (κ2) is 26.8. The first kappa shape index (κ1) is 63.3. The van der Waals surface area contributed by atoms with Crippen LogP contribution in [0.5, 0.6) is 11.5 Å². The molecule has 4 heteroatoms. The maximum absolute atomic E-state index is 6.42. The molecule has 14 aromatic rings. The molecular formula is C96H82N2O2. The van der Waals surface area contributed by atoms with Gasteiger partial charge in [-0.15, -0.1) is 0 Å². The lowest BCUT2D eigenvalue weighted by Gasteiger charge is -2.35. The third-order valence-corrected chi connectivity index (χ3v) is 21.3. The summed E-state index contributed by atoms with van der Waals surface area (Å²) in [5.41, 5.74) is 27.2. The van der Waals surface area contributed by atoms with E-state index in [2.05, 4.69) is 329 Å². The second-order valence-corrected chi connectivity index (χ2v) is 28.1. The lowest BCUT2D eigenvalue weighted by Crippen LogP contribution is -2.28. The molecule has 0 bridgehead atoms. The number of para-hydroxylation sites is 1. The standard InChI is InChI=1S/C96H82N2O2/c1-6-67-35-51-80(52-36-67)99-61-23-21-59-95(74-25-11-8-12-26-74)88-33-19-17-31-82(88)84-55-49-78(65-90(84)95)97(79-50-56-85-83-32-18-20-34-89(83)96(91(85)66-79,75-27-13-9-14-28-75)60-22-24-62-100-81-53-37-68(7-2)38-54-81)77-47-41-70(42-48-77)72-44-58-93-87(64-72)86-63-71(69-39-45-73(46-40-69)94(3,4)5)43-57-92(86)98(93)76-29-15-10-16-30-76/h6-20,25-58,63-66H,1-2,21-24,59-62H2,3-5H3. The van der Waals surface area contributed by atoms with Crippen molar-refractivity contribution in [1.82, 2.24) is 4.57 Å². The fourth-order valence-electron chi connectivity index (χ4n) is 16.3. The van der Waals surface area contributed by atoms with E-state index in [9.17, 15) is 0 Å². The minimum absolute atomic E-state index is 0.0714. The highest BCUT2D eigenvalue weighted by molar-refractivity contribution is 6.12. The molecule has 0 saturated carbocycles.